The first kappa shape index (κ1) is 14.2. The van der Waals surface area contributed by atoms with Crippen LogP contribution in [0.4, 0.5) is 17.1 Å². The lowest BCUT2D eigenvalue weighted by Crippen LogP contribution is -2.42. The highest BCUT2D eigenvalue weighted by Gasteiger charge is 2.24. The van der Waals surface area contributed by atoms with Crippen LogP contribution in [0.25, 0.3) is 0 Å². The number of anilines is 3. The molecular weight excluding hydrogens is 264 g/mol. The van der Waals surface area contributed by atoms with Gasteiger partial charge in [0.2, 0.25) is 5.91 Å². The summed E-state index contributed by atoms with van der Waals surface area (Å²) in [5.74, 6) is 0.0847. The maximum Gasteiger partial charge on any atom is 0.224 e. The molecule has 0 atom stereocenters. The van der Waals surface area contributed by atoms with Crippen molar-refractivity contribution in [1.29, 1.82) is 0 Å². The van der Waals surface area contributed by atoms with Crippen LogP contribution in [0.5, 0.6) is 0 Å². The number of fused-ring (bicyclic) bond motifs is 1. The van der Waals surface area contributed by atoms with Gasteiger partial charge in [0.15, 0.2) is 0 Å². The van der Waals surface area contributed by atoms with Crippen molar-refractivity contribution in [2.75, 3.05) is 43.1 Å². The predicted octanol–water partition coefficient (Wildman–Crippen LogP) is 1.68. The van der Waals surface area contributed by atoms with Crippen molar-refractivity contribution >= 4 is 23.0 Å². The van der Waals surface area contributed by atoms with Gasteiger partial charge in [0.25, 0.3) is 0 Å². The van der Waals surface area contributed by atoms with E-state index in [0.717, 1.165) is 36.6 Å². The van der Waals surface area contributed by atoms with E-state index in [1.165, 1.54) is 18.4 Å². The third-order valence-corrected chi connectivity index (χ3v) is 4.68. The minimum Gasteiger partial charge on any atom is -0.397 e. The molecule has 3 rings (SSSR count). The topological polar surface area (TPSA) is 61.6 Å². The molecule has 3 N–H and O–H groups in total. The molecule has 21 heavy (non-hydrogen) atoms. The number of piperidine rings is 1. The summed E-state index contributed by atoms with van der Waals surface area (Å²) in [5, 5.41) is 2.91. The van der Waals surface area contributed by atoms with E-state index >= 15 is 0 Å². The minimum atomic E-state index is 0.0847. The average Bonchev–Trinajstić information content (AvgIpc) is 2.46. The van der Waals surface area contributed by atoms with E-state index < -0.39 is 0 Å². The summed E-state index contributed by atoms with van der Waals surface area (Å²) in [5.41, 5.74) is 10.2. The number of aryl methyl sites for hydroxylation is 1. The maximum absolute atomic E-state index is 11.5. The molecule has 1 amide bonds. The fourth-order valence-corrected chi connectivity index (χ4v) is 3.33. The Balaban J connectivity index is 1.79. The molecule has 0 aromatic heterocycles. The van der Waals surface area contributed by atoms with Crippen LogP contribution in [-0.2, 0) is 11.2 Å². The Labute approximate surface area is 126 Å². The SMILES string of the molecule is CN(C)C1CCN(c2cc3c(cc2N)NC(=O)CC3)CC1. The quantitative estimate of drug-likeness (QED) is 0.813. The van der Waals surface area contributed by atoms with Gasteiger partial charge in [-0.05, 0) is 51.1 Å². The molecule has 0 saturated carbocycles. The zero-order chi connectivity index (χ0) is 15.0. The number of nitrogens with two attached hydrogens (primary N) is 1. The van der Waals surface area contributed by atoms with Gasteiger partial charge < -0.3 is 20.9 Å². The molecule has 0 aliphatic carbocycles. The smallest absolute Gasteiger partial charge is 0.224 e. The first-order chi connectivity index (χ1) is 10.0. The van der Waals surface area contributed by atoms with Crippen molar-refractivity contribution in [1.82, 2.24) is 4.90 Å². The largest absolute Gasteiger partial charge is 0.397 e. The summed E-state index contributed by atoms with van der Waals surface area (Å²) in [6.07, 6.45) is 3.71. The van der Waals surface area contributed by atoms with Crippen molar-refractivity contribution in [3.8, 4) is 0 Å². The molecule has 5 heteroatoms. The molecule has 0 unspecified atom stereocenters. The molecule has 5 nitrogen and oxygen atoms in total. The molecule has 2 heterocycles. The lowest BCUT2D eigenvalue weighted by Gasteiger charge is -2.37. The normalized spacial score (nSPS) is 19.6. The average molecular weight is 288 g/mol. The maximum atomic E-state index is 11.5. The van der Waals surface area contributed by atoms with E-state index in [2.05, 4.69) is 35.3 Å². The Morgan fingerprint density at radius 3 is 2.62 bits per heavy atom. The third kappa shape index (κ3) is 2.83. The molecule has 1 fully saturated rings. The second-order valence-electron chi connectivity index (χ2n) is 6.30. The van der Waals surface area contributed by atoms with Crippen LogP contribution in [0.3, 0.4) is 0 Å². The van der Waals surface area contributed by atoms with Crippen molar-refractivity contribution in [2.24, 2.45) is 0 Å². The van der Waals surface area contributed by atoms with Crippen LogP contribution in [0.2, 0.25) is 0 Å². The Morgan fingerprint density at radius 2 is 1.95 bits per heavy atom. The molecule has 0 spiro atoms. The van der Waals surface area contributed by atoms with Crippen molar-refractivity contribution in [2.45, 2.75) is 31.7 Å². The molecular formula is C16H24N4O. The highest BCUT2D eigenvalue weighted by molar-refractivity contribution is 5.95. The summed E-state index contributed by atoms with van der Waals surface area (Å²) in [6, 6.07) is 4.75. The second-order valence-corrected chi connectivity index (χ2v) is 6.30. The fourth-order valence-electron chi connectivity index (χ4n) is 3.33. The standard InChI is InChI=1S/C16H24N4O/c1-19(2)12-5-7-20(8-6-12)15-9-11-3-4-16(21)18-14(11)10-13(15)17/h9-10,12H,3-8,17H2,1-2H3,(H,18,21). The number of hydrogen-bond acceptors (Lipinski definition) is 4. The van der Waals surface area contributed by atoms with Gasteiger partial charge in [0.05, 0.1) is 11.4 Å². The van der Waals surface area contributed by atoms with E-state index in [4.69, 9.17) is 5.73 Å². The Bertz CT molecular complexity index is 547. The van der Waals surface area contributed by atoms with E-state index in [-0.39, 0.29) is 5.91 Å². The number of benzene rings is 1. The molecule has 2 aliphatic heterocycles. The highest BCUT2D eigenvalue weighted by Crippen LogP contribution is 2.34. The van der Waals surface area contributed by atoms with Gasteiger partial charge in [0, 0.05) is 31.2 Å². The van der Waals surface area contributed by atoms with Gasteiger partial charge >= 0.3 is 0 Å². The van der Waals surface area contributed by atoms with Crippen molar-refractivity contribution in [3.05, 3.63) is 17.7 Å². The zero-order valence-corrected chi connectivity index (χ0v) is 12.9. The summed E-state index contributed by atoms with van der Waals surface area (Å²) in [7, 11) is 4.30. The Hall–Kier alpha value is -1.75. The Morgan fingerprint density at radius 1 is 1.24 bits per heavy atom. The lowest BCUT2D eigenvalue weighted by atomic mass is 9.99. The summed E-state index contributed by atoms with van der Waals surface area (Å²) < 4.78 is 0. The summed E-state index contributed by atoms with van der Waals surface area (Å²) >= 11 is 0. The number of hydrogen-bond donors (Lipinski definition) is 2. The van der Waals surface area contributed by atoms with Gasteiger partial charge in [-0.2, -0.15) is 0 Å². The van der Waals surface area contributed by atoms with E-state index in [0.29, 0.717) is 12.5 Å². The highest BCUT2D eigenvalue weighted by atomic mass is 16.1. The van der Waals surface area contributed by atoms with Crippen LogP contribution >= 0.6 is 0 Å². The van der Waals surface area contributed by atoms with Gasteiger partial charge in [0.1, 0.15) is 0 Å². The van der Waals surface area contributed by atoms with Crippen LogP contribution in [0.15, 0.2) is 12.1 Å². The first-order valence-electron chi connectivity index (χ1n) is 7.68. The number of rotatable bonds is 2. The van der Waals surface area contributed by atoms with Crippen molar-refractivity contribution in [3.63, 3.8) is 0 Å². The second kappa shape index (κ2) is 5.56. The summed E-state index contributed by atoms with van der Waals surface area (Å²) in [4.78, 5) is 16.1. The van der Waals surface area contributed by atoms with Crippen LogP contribution in [0, 0.1) is 0 Å². The molecule has 1 aromatic carbocycles. The van der Waals surface area contributed by atoms with E-state index in [9.17, 15) is 4.79 Å². The zero-order valence-electron chi connectivity index (χ0n) is 12.9. The number of amides is 1. The van der Waals surface area contributed by atoms with Gasteiger partial charge in [-0.1, -0.05) is 0 Å². The lowest BCUT2D eigenvalue weighted by molar-refractivity contribution is -0.116. The van der Waals surface area contributed by atoms with Gasteiger partial charge in [-0.15, -0.1) is 0 Å². The number of carbonyl (C=O) groups excluding carboxylic acids is 1. The monoisotopic (exact) mass is 288 g/mol. The number of carbonyl (C=O) groups is 1. The van der Waals surface area contributed by atoms with Crippen molar-refractivity contribution < 1.29 is 4.79 Å². The molecule has 0 bridgehead atoms. The molecule has 1 aromatic rings. The molecule has 0 radical (unpaired) electrons. The predicted molar refractivity (Wildman–Crippen MR) is 86.7 cm³/mol. The van der Waals surface area contributed by atoms with Crippen LogP contribution in [-0.4, -0.2) is 44.0 Å². The minimum absolute atomic E-state index is 0.0847. The molecule has 114 valence electrons. The fraction of sp³-hybridized carbons (Fsp3) is 0.562. The summed E-state index contributed by atoms with van der Waals surface area (Å²) in [6.45, 7) is 2.08. The van der Waals surface area contributed by atoms with Gasteiger partial charge in [-0.25, -0.2) is 0 Å². The first-order valence-corrected chi connectivity index (χ1v) is 7.68. The van der Waals surface area contributed by atoms with Gasteiger partial charge in [-0.3, -0.25) is 4.79 Å². The van der Waals surface area contributed by atoms with Crippen LogP contribution < -0.4 is 16.0 Å². The van der Waals surface area contributed by atoms with E-state index in [1.807, 2.05) is 6.07 Å². The molecule has 1 saturated heterocycles. The Kier molecular flexibility index (Phi) is 3.76. The number of nitrogens with zero attached hydrogens (tertiary/aromatic N) is 2. The van der Waals surface area contributed by atoms with E-state index in [1.54, 1.807) is 0 Å². The number of nitrogen functional groups attached to an aromatic ring is 1. The molecule has 2 aliphatic rings. The van der Waals surface area contributed by atoms with Crippen LogP contribution in [0.1, 0.15) is 24.8 Å². The third-order valence-electron chi connectivity index (χ3n) is 4.68. The number of nitrogens with one attached hydrogen (secondary N) is 1.